The zero-order chi connectivity index (χ0) is 18.1. The van der Waals surface area contributed by atoms with Crippen molar-refractivity contribution < 1.29 is 19.4 Å². The monoisotopic (exact) mass is 353 g/mol. The van der Waals surface area contributed by atoms with E-state index in [0.29, 0.717) is 18.7 Å². The van der Waals surface area contributed by atoms with Crippen LogP contribution in [0.4, 0.5) is 9.18 Å². The summed E-state index contributed by atoms with van der Waals surface area (Å²) in [6, 6.07) is 6.01. The minimum Gasteiger partial charge on any atom is -0.395 e. The van der Waals surface area contributed by atoms with E-state index in [1.165, 1.54) is 11.0 Å². The van der Waals surface area contributed by atoms with Gasteiger partial charge in [-0.15, -0.1) is 0 Å². The molecule has 1 atom stereocenters. The first-order valence-corrected chi connectivity index (χ1v) is 8.87. The summed E-state index contributed by atoms with van der Waals surface area (Å²) >= 11 is 0. The molecular weight excluding hydrogens is 325 g/mol. The fourth-order valence-electron chi connectivity index (χ4n) is 3.05. The van der Waals surface area contributed by atoms with Crippen molar-refractivity contribution in [1.82, 2.24) is 15.1 Å². The number of hydrogen-bond acceptors (Lipinski definition) is 4. The molecule has 1 aromatic carbocycles. The van der Waals surface area contributed by atoms with E-state index in [-0.39, 0.29) is 37.6 Å². The van der Waals surface area contributed by atoms with Gasteiger partial charge in [-0.25, -0.2) is 9.18 Å². The Balaban J connectivity index is 1.75. The summed E-state index contributed by atoms with van der Waals surface area (Å²) in [5, 5.41) is 21.6. The number of carbonyl (C=O) groups is 1. The summed E-state index contributed by atoms with van der Waals surface area (Å²) in [4.78, 5) is 15.9. The van der Waals surface area contributed by atoms with Gasteiger partial charge in [0, 0.05) is 25.2 Å². The third-order valence-electron chi connectivity index (χ3n) is 4.38. The number of urea groups is 1. The standard InChI is InChI=1S/C18H28FN3O3/c19-17-7-2-1-5-15(17)13-22(11-12-23)18(25)20-8-4-10-21-9-3-6-16(24)14-21/h1-2,5,7,16,23-24H,3-4,6,8-14H2,(H,20,25)/t16-/m0/s1. The molecule has 140 valence electrons. The highest BCUT2D eigenvalue weighted by molar-refractivity contribution is 5.74. The number of carbonyl (C=O) groups excluding carboxylic acids is 1. The molecule has 1 saturated heterocycles. The normalized spacial score (nSPS) is 18.1. The minimum atomic E-state index is -0.359. The van der Waals surface area contributed by atoms with Crippen LogP contribution in [0, 0.1) is 5.82 Å². The molecule has 0 aliphatic carbocycles. The summed E-state index contributed by atoms with van der Waals surface area (Å²) in [6.07, 6.45) is 2.40. The number of rotatable bonds is 8. The average Bonchev–Trinajstić information content (AvgIpc) is 2.60. The van der Waals surface area contributed by atoms with Crippen LogP contribution in [-0.4, -0.2) is 71.5 Å². The van der Waals surface area contributed by atoms with Crippen molar-refractivity contribution >= 4 is 6.03 Å². The topological polar surface area (TPSA) is 76.0 Å². The Hall–Kier alpha value is -1.70. The van der Waals surface area contributed by atoms with Crippen LogP contribution >= 0.6 is 0 Å². The molecule has 7 heteroatoms. The zero-order valence-corrected chi connectivity index (χ0v) is 14.5. The lowest BCUT2D eigenvalue weighted by atomic mass is 10.1. The van der Waals surface area contributed by atoms with Gasteiger partial charge in [0.1, 0.15) is 5.82 Å². The molecule has 1 aliphatic heterocycles. The van der Waals surface area contributed by atoms with Gasteiger partial charge in [-0.3, -0.25) is 0 Å². The minimum absolute atomic E-state index is 0.122. The first kappa shape index (κ1) is 19.6. The van der Waals surface area contributed by atoms with Crippen LogP contribution in [0.5, 0.6) is 0 Å². The summed E-state index contributed by atoms with van der Waals surface area (Å²) in [5.74, 6) is -0.359. The predicted octanol–water partition coefficient (Wildman–Crippen LogP) is 1.18. The summed E-state index contributed by atoms with van der Waals surface area (Å²) in [6.45, 7) is 3.10. The molecule has 6 nitrogen and oxygen atoms in total. The Morgan fingerprint density at radius 2 is 2.20 bits per heavy atom. The Labute approximate surface area is 148 Å². The quantitative estimate of drug-likeness (QED) is 0.614. The van der Waals surface area contributed by atoms with Crippen molar-refractivity contribution in [3.8, 4) is 0 Å². The van der Waals surface area contributed by atoms with Crippen LogP contribution in [0.2, 0.25) is 0 Å². The molecule has 0 unspecified atom stereocenters. The number of hydrogen-bond donors (Lipinski definition) is 3. The lowest BCUT2D eigenvalue weighted by molar-refractivity contribution is 0.0701. The molecule has 1 heterocycles. The molecule has 0 radical (unpaired) electrons. The van der Waals surface area contributed by atoms with Crippen LogP contribution in [-0.2, 0) is 6.54 Å². The third-order valence-corrected chi connectivity index (χ3v) is 4.38. The van der Waals surface area contributed by atoms with Crippen molar-refractivity contribution in [2.24, 2.45) is 0 Å². The highest BCUT2D eigenvalue weighted by Gasteiger charge is 2.18. The molecule has 0 aromatic heterocycles. The number of amides is 2. The van der Waals surface area contributed by atoms with Gasteiger partial charge in [-0.2, -0.15) is 0 Å². The van der Waals surface area contributed by atoms with E-state index >= 15 is 0 Å². The molecule has 1 aromatic rings. The first-order chi connectivity index (χ1) is 12.1. The largest absolute Gasteiger partial charge is 0.395 e. The molecule has 2 amide bonds. The number of β-amino-alcohol motifs (C(OH)–C–C–N with tert-alkyl or cyclic N) is 1. The molecule has 25 heavy (non-hydrogen) atoms. The predicted molar refractivity (Wildman–Crippen MR) is 93.6 cm³/mol. The zero-order valence-electron chi connectivity index (χ0n) is 14.5. The van der Waals surface area contributed by atoms with Gasteiger partial charge in [-0.05, 0) is 38.4 Å². The molecule has 0 bridgehead atoms. The summed E-state index contributed by atoms with van der Waals surface area (Å²) < 4.78 is 13.8. The van der Waals surface area contributed by atoms with Gasteiger partial charge in [0.25, 0.3) is 0 Å². The van der Waals surface area contributed by atoms with Crippen LogP contribution in [0.25, 0.3) is 0 Å². The van der Waals surface area contributed by atoms with Gasteiger partial charge in [0.2, 0.25) is 0 Å². The number of aliphatic hydroxyl groups excluding tert-OH is 2. The van der Waals surface area contributed by atoms with E-state index in [0.717, 1.165) is 32.4 Å². The lowest BCUT2D eigenvalue weighted by Crippen LogP contribution is -2.43. The number of nitrogens with one attached hydrogen (secondary N) is 1. The molecule has 0 saturated carbocycles. The Kier molecular flexibility index (Phi) is 8.11. The van der Waals surface area contributed by atoms with Crippen molar-refractivity contribution in [2.75, 3.05) is 39.3 Å². The van der Waals surface area contributed by atoms with Gasteiger partial charge in [0.15, 0.2) is 0 Å². The van der Waals surface area contributed by atoms with Crippen LogP contribution in [0.1, 0.15) is 24.8 Å². The Morgan fingerprint density at radius 1 is 1.40 bits per heavy atom. The second-order valence-corrected chi connectivity index (χ2v) is 6.42. The second kappa shape index (κ2) is 10.3. The summed E-state index contributed by atoms with van der Waals surface area (Å²) in [5.41, 5.74) is 0.424. The van der Waals surface area contributed by atoms with E-state index in [1.54, 1.807) is 18.2 Å². The fourth-order valence-corrected chi connectivity index (χ4v) is 3.05. The number of benzene rings is 1. The number of halogens is 1. The van der Waals surface area contributed by atoms with E-state index in [4.69, 9.17) is 5.11 Å². The van der Waals surface area contributed by atoms with Gasteiger partial charge < -0.3 is 25.3 Å². The summed E-state index contributed by atoms with van der Waals surface area (Å²) in [7, 11) is 0. The Morgan fingerprint density at radius 3 is 2.92 bits per heavy atom. The maximum atomic E-state index is 13.8. The van der Waals surface area contributed by atoms with Crippen LogP contribution < -0.4 is 5.32 Å². The number of nitrogens with zero attached hydrogens (tertiary/aromatic N) is 2. The van der Waals surface area contributed by atoms with Crippen molar-refractivity contribution in [3.05, 3.63) is 35.6 Å². The number of aliphatic hydroxyl groups is 2. The van der Waals surface area contributed by atoms with Gasteiger partial charge >= 0.3 is 6.03 Å². The molecule has 0 spiro atoms. The molecule has 1 aliphatic rings. The second-order valence-electron chi connectivity index (χ2n) is 6.42. The average molecular weight is 353 g/mol. The SMILES string of the molecule is O=C(NCCCN1CCC[C@H](O)C1)N(CCO)Cc1ccccc1F. The Bertz CT molecular complexity index is 544. The van der Waals surface area contributed by atoms with Crippen molar-refractivity contribution in [1.29, 1.82) is 0 Å². The van der Waals surface area contributed by atoms with Gasteiger partial charge in [-0.1, -0.05) is 18.2 Å². The van der Waals surface area contributed by atoms with E-state index in [1.807, 2.05) is 0 Å². The first-order valence-electron chi connectivity index (χ1n) is 8.87. The molecule has 2 rings (SSSR count). The van der Waals surface area contributed by atoms with Crippen LogP contribution in [0.3, 0.4) is 0 Å². The maximum absolute atomic E-state index is 13.8. The molecular formula is C18H28FN3O3. The fraction of sp³-hybridized carbons (Fsp3) is 0.611. The van der Waals surface area contributed by atoms with Crippen molar-refractivity contribution in [2.45, 2.75) is 31.9 Å². The lowest BCUT2D eigenvalue weighted by Gasteiger charge is -2.30. The highest BCUT2D eigenvalue weighted by atomic mass is 19.1. The van der Waals surface area contributed by atoms with Gasteiger partial charge in [0.05, 0.1) is 19.3 Å². The highest BCUT2D eigenvalue weighted by Crippen LogP contribution is 2.11. The van der Waals surface area contributed by atoms with Crippen LogP contribution in [0.15, 0.2) is 24.3 Å². The molecule has 1 fully saturated rings. The van der Waals surface area contributed by atoms with E-state index < -0.39 is 0 Å². The number of piperidine rings is 1. The smallest absolute Gasteiger partial charge is 0.317 e. The van der Waals surface area contributed by atoms with Crippen molar-refractivity contribution in [3.63, 3.8) is 0 Å². The number of likely N-dealkylation sites (tertiary alicyclic amines) is 1. The molecule has 3 N–H and O–H groups in total. The maximum Gasteiger partial charge on any atom is 0.317 e. The van der Waals surface area contributed by atoms with E-state index in [2.05, 4.69) is 10.2 Å². The third kappa shape index (κ3) is 6.61. The van der Waals surface area contributed by atoms with E-state index in [9.17, 15) is 14.3 Å².